The molecule has 0 radical (unpaired) electrons. The van der Waals surface area contributed by atoms with Crippen LogP contribution < -0.4 is 5.32 Å². The molecule has 1 atom stereocenters. The molecule has 3 rings (SSSR count). The van der Waals surface area contributed by atoms with Crippen LogP contribution in [0, 0.1) is 6.92 Å². The Labute approximate surface area is 126 Å². The van der Waals surface area contributed by atoms with Crippen LogP contribution in [0.3, 0.4) is 0 Å². The van der Waals surface area contributed by atoms with E-state index < -0.39 is 0 Å². The highest BCUT2D eigenvalue weighted by Crippen LogP contribution is 2.28. The Morgan fingerprint density at radius 3 is 2.95 bits per heavy atom. The summed E-state index contributed by atoms with van der Waals surface area (Å²) in [7, 11) is 3.61. The zero-order valence-electron chi connectivity index (χ0n) is 12.2. The standard InChI is InChI=1S/C14H17N5OS/c1-9-16-10-5-7-21-13(10)14(17-9)18-11(8-20-3)12-4-6-15-19(12)2/h4-7,11H,8H2,1-3H3,(H,16,17,18)/t11-/m0/s1. The largest absolute Gasteiger partial charge is 0.382 e. The van der Waals surface area contributed by atoms with Gasteiger partial charge in [-0.1, -0.05) is 0 Å². The Balaban J connectivity index is 1.98. The number of rotatable bonds is 5. The van der Waals surface area contributed by atoms with Gasteiger partial charge in [0.15, 0.2) is 0 Å². The van der Waals surface area contributed by atoms with Crippen LogP contribution in [0.4, 0.5) is 5.82 Å². The van der Waals surface area contributed by atoms with E-state index in [0.29, 0.717) is 6.61 Å². The molecule has 1 N–H and O–H groups in total. The van der Waals surface area contributed by atoms with Crippen LogP contribution in [0.5, 0.6) is 0 Å². The molecule has 3 aromatic heterocycles. The molecule has 0 saturated heterocycles. The number of nitrogens with one attached hydrogen (secondary N) is 1. The molecule has 0 unspecified atom stereocenters. The number of nitrogens with zero attached hydrogens (tertiary/aromatic N) is 4. The molecular formula is C14H17N5OS. The number of methoxy groups -OCH3 is 1. The van der Waals surface area contributed by atoms with Crippen LogP contribution in [0.15, 0.2) is 23.7 Å². The molecular weight excluding hydrogens is 286 g/mol. The second-order valence-corrected chi connectivity index (χ2v) is 5.70. The molecule has 0 aliphatic carbocycles. The zero-order valence-corrected chi connectivity index (χ0v) is 13.0. The van der Waals surface area contributed by atoms with Crippen molar-refractivity contribution in [3.8, 4) is 0 Å². The average Bonchev–Trinajstić information content (AvgIpc) is 3.06. The Hall–Kier alpha value is -1.99. The van der Waals surface area contributed by atoms with Crippen LogP contribution in [0.2, 0.25) is 0 Å². The Morgan fingerprint density at radius 1 is 1.38 bits per heavy atom. The third-order valence-electron chi connectivity index (χ3n) is 3.28. The van der Waals surface area contributed by atoms with E-state index in [1.807, 2.05) is 36.2 Å². The molecule has 7 heteroatoms. The van der Waals surface area contributed by atoms with Crippen molar-refractivity contribution in [3.63, 3.8) is 0 Å². The molecule has 0 aliphatic rings. The van der Waals surface area contributed by atoms with Gasteiger partial charge in [-0.3, -0.25) is 4.68 Å². The van der Waals surface area contributed by atoms with Crippen molar-refractivity contribution in [3.05, 3.63) is 35.2 Å². The minimum atomic E-state index is -0.0119. The van der Waals surface area contributed by atoms with Crippen molar-refractivity contribution >= 4 is 27.4 Å². The number of ether oxygens (including phenoxy) is 1. The lowest BCUT2D eigenvalue weighted by Crippen LogP contribution is -2.20. The number of hydrogen-bond donors (Lipinski definition) is 1. The van der Waals surface area contributed by atoms with Crippen LogP contribution in [-0.2, 0) is 11.8 Å². The van der Waals surface area contributed by atoms with Crippen molar-refractivity contribution in [2.45, 2.75) is 13.0 Å². The monoisotopic (exact) mass is 303 g/mol. The summed E-state index contributed by atoms with van der Waals surface area (Å²) in [6.45, 7) is 2.44. The van der Waals surface area contributed by atoms with E-state index in [-0.39, 0.29) is 6.04 Å². The number of anilines is 1. The zero-order chi connectivity index (χ0) is 14.8. The maximum Gasteiger partial charge on any atom is 0.148 e. The summed E-state index contributed by atoms with van der Waals surface area (Å²) in [5, 5.41) is 9.72. The maximum atomic E-state index is 5.34. The molecule has 3 aromatic rings. The van der Waals surface area contributed by atoms with Gasteiger partial charge in [-0.15, -0.1) is 11.3 Å². The highest BCUT2D eigenvalue weighted by Gasteiger charge is 2.17. The van der Waals surface area contributed by atoms with Gasteiger partial charge >= 0.3 is 0 Å². The van der Waals surface area contributed by atoms with Gasteiger partial charge in [0.1, 0.15) is 11.6 Å². The first-order valence-corrected chi connectivity index (χ1v) is 7.52. The first-order valence-electron chi connectivity index (χ1n) is 6.64. The molecule has 0 aliphatic heterocycles. The second kappa shape index (κ2) is 5.79. The highest BCUT2D eigenvalue weighted by atomic mass is 32.1. The lowest BCUT2D eigenvalue weighted by atomic mass is 10.2. The molecule has 0 spiro atoms. The van der Waals surface area contributed by atoms with Gasteiger partial charge in [0.2, 0.25) is 0 Å². The van der Waals surface area contributed by atoms with Crippen LogP contribution in [0.25, 0.3) is 10.2 Å². The second-order valence-electron chi connectivity index (χ2n) is 4.79. The van der Waals surface area contributed by atoms with Gasteiger partial charge in [0.05, 0.1) is 28.6 Å². The van der Waals surface area contributed by atoms with E-state index in [1.54, 1.807) is 24.6 Å². The predicted octanol–water partition coefficient (Wildman–Crippen LogP) is 2.53. The highest BCUT2D eigenvalue weighted by molar-refractivity contribution is 7.17. The van der Waals surface area contributed by atoms with Gasteiger partial charge in [0, 0.05) is 20.4 Å². The van der Waals surface area contributed by atoms with Gasteiger partial charge < -0.3 is 10.1 Å². The van der Waals surface area contributed by atoms with Gasteiger partial charge in [-0.25, -0.2) is 9.97 Å². The normalized spacial score (nSPS) is 12.7. The Morgan fingerprint density at radius 2 is 2.24 bits per heavy atom. The number of hydrogen-bond acceptors (Lipinski definition) is 6. The average molecular weight is 303 g/mol. The quantitative estimate of drug-likeness (QED) is 0.784. The minimum Gasteiger partial charge on any atom is -0.382 e. The maximum absolute atomic E-state index is 5.34. The molecule has 21 heavy (non-hydrogen) atoms. The molecule has 0 fully saturated rings. The summed E-state index contributed by atoms with van der Waals surface area (Å²) < 4.78 is 8.24. The summed E-state index contributed by atoms with van der Waals surface area (Å²) >= 11 is 1.63. The lowest BCUT2D eigenvalue weighted by molar-refractivity contribution is 0.184. The Kier molecular flexibility index (Phi) is 3.85. The molecule has 110 valence electrons. The van der Waals surface area contributed by atoms with Crippen LogP contribution >= 0.6 is 11.3 Å². The van der Waals surface area contributed by atoms with Crippen molar-refractivity contribution in [1.29, 1.82) is 0 Å². The number of aromatic nitrogens is 4. The summed E-state index contributed by atoms with van der Waals surface area (Å²) in [5.74, 6) is 1.60. The molecule has 3 heterocycles. The SMILES string of the molecule is COC[C@H](Nc1nc(C)nc2ccsc12)c1ccnn1C. The third-order valence-corrected chi connectivity index (χ3v) is 4.19. The molecule has 6 nitrogen and oxygen atoms in total. The summed E-state index contributed by atoms with van der Waals surface area (Å²) in [6, 6.07) is 3.98. The summed E-state index contributed by atoms with van der Waals surface area (Å²) in [5.41, 5.74) is 2.02. The van der Waals surface area contributed by atoms with Crippen molar-refractivity contribution in [2.24, 2.45) is 7.05 Å². The summed E-state index contributed by atoms with van der Waals surface area (Å²) in [6.07, 6.45) is 1.78. The van der Waals surface area contributed by atoms with Crippen molar-refractivity contribution < 1.29 is 4.74 Å². The van der Waals surface area contributed by atoms with E-state index in [9.17, 15) is 0 Å². The predicted molar refractivity (Wildman–Crippen MR) is 83.6 cm³/mol. The first kappa shape index (κ1) is 14.0. The van der Waals surface area contributed by atoms with E-state index in [4.69, 9.17) is 4.74 Å². The number of thiophene rings is 1. The van der Waals surface area contributed by atoms with Gasteiger partial charge in [-0.2, -0.15) is 5.10 Å². The smallest absolute Gasteiger partial charge is 0.148 e. The number of aryl methyl sites for hydroxylation is 2. The molecule has 0 amide bonds. The van der Waals surface area contributed by atoms with E-state index in [0.717, 1.165) is 27.6 Å². The number of fused-ring (bicyclic) bond motifs is 1. The third kappa shape index (κ3) is 2.74. The first-order chi connectivity index (χ1) is 10.2. The topological polar surface area (TPSA) is 64.9 Å². The van der Waals surface area contributed by atoms with Crippen molar-refractivity contribution in [1.82, 2.24) is 19.7 Å². The van der Waals surface area contributed by atoms with E-state index in [2.05, 4.69) is 20.4 Å². The fourth-order valence-electron chi connectivity index (χ4n) is 2.34. The molecule has 0 bridgehead atoms. The van der Waals surface area contributed by atoms with Crippen LogP contribution in [0.1, 0.15) is 17.6 Å². The van der Waals surface area contributed by atoms with E-state index in [1.165, 1.54) is 0 Å². The van der Waals surface area contributed by atoms with E-state index >= 15 is 0 Å². The fraction of sp³-hybridized carbons (Fsp3) is 0.357. The van der Waals surface area contributed by atoms with Crippen molar-refractivity contribution in [2.75, 3.05) is 19.0 Å². The van der Waals surface area contributed by atoms with Gasteiger partial charge in [0.25, 0.3) is 0 Å². The Bertz CT molecular complexity index is 751. The van der Waals surface area contributed by atoms with Gasteiger partial charge in [-0.05, 0) is 24.4 Å². The minimum absolute atomic E-state index is 0.0119. The molecule has 0 aromatic carbocycles. The fourth-order valence-corrected chi connectivity index (χ4v) is 3.12. The van der Waals surface area contributed by atoms with Crippen LogP contribution in [-0.4, -0.2) is 33.5 Å². The lowest BCUT2D eigenvalue weighted by Gasteiger charge is -2.19. The molecule has 0 saturated carbocycles. The summed E-state index contributed by atoms with van der Waals surface area (Å²) in [4.78, 5) is 8.98.